The first-order chi connectivity index (χ1) is 13.1. The largest absolute Gasteiger partial charge is 0.495 e. The first kappa shape index (κ1) is 22.1. The van der Waals surface area contributed by atoms with Crippen LogP contribution in [0.1, 0.15) is 26.3 Å². The summed E-state index contributed by atoms with van der Waals surface area (Å²) in [7, 11) is 1.53. The number of nitrogens with zero attached hydrogens (tertiary/aromatic N) is 1. The lowest BCUT2D eigenvalue weighted by Crippen LogP contribution is -2.52. The number of carbonyl (C=O) groups is 2. The summed E-state index contributed by atoms with van der Waals surface area (Å²) in [5.74, 6) is 0.251. The van der Waals surface area contributed by atoms with Gasteiger partial charge in [0, 0.05) is 18.1 Å². The Morgan fingerprint density at radius 3 is 2.75 bits per heavy atom. The van der Waals surface area contributed by atoms with Gasteiger partial charge in [0.2, 0.25) is 0 Å². The number of amides is 2. The molecular weight excluding hydrogens is 386 g/mol. The Morgan fingerprint density at radius 2 is 2.11 bits per heavy atom. The number of benzene rings is 1. The topological polar surface area (TPSA) is 103 Å². The van der Waals surface area contributed by atoms with Gasteiger partial charge in [0.25, 0.3) is 5.91 Å². The molecule has 3 N–H and O–H groups in total. The van der Waals surface area contributed by atoms with E-state index in [1.165, 1.54) is 12.0 Å². The molecule has 1 atom stereocenters. The smallest absolute Gasteiger partial charge is 0.410 e. The first-order valence-corrected chi connectivity index (χ1v) is 9.47. The number of hydrogen-bond acceptors (Lipinski definition) is 6. The minimum atomic E-state index is -0.738. The zero-order valence-corrected chi connectivity index (χ0v) is 17.5. The first-order valence-electron chi connectivity index (χ1n) is 9.10. The van der Waals surface area contributed by atoms with E-state index < -0.39 is 17.8 Å². The maximum Gasteiger partial charge on any atom is 0.410 e. The number of anilines is 1. The normalized spacial score (nSPS) is 17.2. The number of morpholine rings is 1. The van der Waals surface area contributed by atoms with Crippen LogP contribution in [0.2, 0.25) is 5.02 Å². The molecule has 8 nitrogen and oxygen atoms in total. The van der Waals surface area contributed by atoms with Gasteiger partial charge >= 0.3 is 6.09 Å². The molecule has 1 saturated heterocycles. The van der Waals surface area contributed by atoms with Crippen LogP contribution in [-0.4, -0.2) is 62.0 Å². The van der Waals surface area contributed by atoms with E-state index in [1.54, 1.807) is 32.9 Å². The zero-order valence-electron chi connectivity index (χ0n) is 16.7. The number of nitrogens with two attached hydrogens (primary N) is 1. The van der Waals surface area contributed by atoms with Crippen LogP contribution in [0.25, 0.3) is 0 Å². The molecule has 156 valence electrons. The van der Waals surface area contributed by atoms with E-state index in [9.17, 15) is 9.59 Å². The highest BCUT2D eigenvalue weighted by atomic mass is 35.5. The molecule has 28 heavy (non-hydrogen) atoms. The number of methoxy groups -OCH3 is 1. The summed E-state index contributed by atoms with van der Waals surface area (Å²) in [6.07, 6.45) is -0.684. The van der Waals surface area contributed by atoms with Crippen molar-refractivity contribution in [2.24, 2.45) is 0 Å². The Hall–Kier alpha value is -2.19. The third-order valence-electron chi connectivity index (χ3n) is 4.10. The molecule has 1 aliphatic rings. The summed E-state index contributed by atoms with van der Waals surface area (Å²) in [4.78, 5) is 26.1. The Balaban J connectivity index is 1.87. The fourth-order valence-electron chi connectivity index (χ4n) is 2.71. The number of ether oxygens (including phenoxy) is 3. The number of rotatable bonds is 5. The van der Waals surface area contributed by atoms with Gasteiger partial charge in [0.15, 0.2) is 6.10 Å². The van der Waals surface area contributed by atoms with Gasteiger partial charge in [-0.25, -0.2) is 4.79 Å². The maximum absolute atomic E-state index is 12.4. The number of nitrogens with one attached hydrogen (secondary N) is 1. The molecule has 1 heterocycles. The Bertz CT molecular complexity index is 720. The molecule has 0 spiro atoms. The Morgan fingerprint density at radius 1 is 1.39 bits per heavy atom. The van der Waals surface area contributed by atoms with E-state index in [0.717, 1.165) is 5.56 Å². The van der Waals surface area contributed by atoms with E-state index in [-0.39, 0.29) is 19.1 Å². The van der Waals surface area contributed by atoms with Crippen molar-refractivity contribution in [1.82, 2.24) is 10.2 Å². The minimum Gasteiger partial charge on any atom is -0.495 e. The molecule has 0 unspecified atom stereocenters. The summed E-state index contributed by atoms with van der Waals surface area (Å²) in [6, 6.07) is 3.38. The lowest BCUT2D eigenvalue weighted by atomic mass is 10.1. The number of carbonyl (C=O) groups excluding carboxylic acids is 2. The SMILES string of the molecule is COc1cc(CCNC(=O)[C@H]2CN(C(=O)OC(C)(C)C)CCO2)c(Cl)cc1N. The van der Waals surface area contributed by atoms with Gasteiger partial charge in [0.05, 0.1) is 25.9 Å². The number of nitrogen functional groups attached to an aromatic ring is 1. The molecule has 0 aliphatic carbocycles. The molecule has 0 saturated carbocycles. The van der Waals surface area contributed by atoms with Crippen LogP contribution in [0, 0.1) is 0 Å². The summed E-state index contributed by atoms with van der Waals surface area (Å²) in [6.45, 7) is 6.57. The fourth-order valence-corrected chi connectivity index (χ4v) is 2.98. The van der Waals surface area contributed by atoms with Crippen LogP contribution in [0.15, 0.2) is 12.1 Å². The second kappa shape index (κ2) is 9.34. The van der Waals surface area contributed by atoms with Crippen molar-refractivity contribution >= 4 is 29.3 Å². The van der Waals surface area contributed by atoms with E-state index in [4.69, 9.17) is 31.5 Å². The molecular formula is C19H28ClN3O5. The summed E-state index contributed by atoms with van der Waals surface area (Å²) >= 11 is 6.20. The van der Waals surface area contributed by atoms with E-state index in [1.807, 2.05) is 0 Å². The molecule has 1 aromatic rings. The van der Waals surface area contributed by atoms with Gasteiger partial charge in [-0.15, -0.1) is 0 Å². The summed E-state index contributed by atoms with van der Waals surface area (Å²) in [5, 5.41) is 3.33. The third kappa shape index (κ3) is 6.17. The molecule has 0 radical (unpaired) electrons. The van der Waals surface area contributed by atoms with Gasteiger partial charge in [-0.2, -0.15) is 0 Å². The maximum atomic E-state index is 12.4. The highest BCUT2D eigenvalue weighted by Crippen LogP contribution is 2.29. The van der Waals surface area contributed by atoms with Crippen LogP contribution in [-0.2, 0) is 20.7 Å². The van der Waals surface area contributed by atoms with Gasteiger partial charge in [0.1, 0.15) is 11.4 Å². The Labute approximate surface area is 170 Å². The molecule has 1 aliphatic heterocycles. The van der Waals surface area contributed by atoms with Crippen molar-refractivity contribution in [1.29, 1.82) is 0 Å². The predicted molar refractivity (Wildman–Crippen MR) is 107 cm³/mol. The van der Waals surface area contributed by atoms with Crippen molar-refractivity contribution in [3.8, 4) is 5.75 Å². The standard InChI is InChI=1S/C19H28ClN3O5/c1-19(2,3)28-18(25)23-7-8-27-16(11-23)17(24)22-6-5-12-9-15(26-4)14(21)10-13(12)20/h9-10,16H,5-8,11,21H2,1-4H3,(H,22,24)/t16-/m1/s1. The average Bonchev–Trinajstić information content (AvgIpc) is 2.62. The van der Waals surface area contributed by atoms with Gasteiger partial charge < -0.3 is 30.2 Å². The second-order valence-electron chi connectivity index (χ2n) is 7.51. The zero-order chi connectivity index (χ0) is 20.9. The molecule has 1 fully saturated rings. The lowest BCUT2D eigenvalue weighted by Gasteiger charge is -2.33. The highest BCUT2D eigenvalue weighted by Gasteiger charge is 2.31. The van der Waals surface area contributed by atoms with Crippen LogP contribution < -0.4 is 15.8 Å². The second-order valence-corrected chi connectivity index (χ2v) is 7.92. The number of hydrogen-bond donors (Lipinski definition) is 2. The molecule has 1 aromatic carbocycles. The van der Waals surface area contributed by atoms with Crippen molar-refractivity contribution in [3.63, 3.8) is 0 Å². The molecule has 2 rings (SSSR count). The van der Waals surface area contributed by atoms with Crippen LogP contribution in [0.5, 0.6) is 5.75 Å². The predicted octanol–water partition coefficient (Wildman–Crippen LogP) is 2.23. The van der Waals surface area contributed by atoms with E-state index >= 15 is 0 Å². The molecule has 2 amide bonds. The van der Waals surface area contributed by atoms with E-state index in [0.29, 0.717) is 36.0 Å². The van der Waals surface area contributed by atoms with Crippen molar-refractivity contribution < 1.29 is 23.8 Å². The quantitative estimate of drug-likeness (QED) is 0.717. The van der Waals surface area contributed by atoms with Crippen LogP contribution >= 0.6 is 11.6 Å². The van der Waals surface area contributed by atoms with Crippen LogP contribution in [0.4, 0.5) is 10.5 Å². The molecule has 9 heteroatoms. The summed E-state index contributed by atoms with van der Waals surface area (Å²) in [5.41, 5.74) is 6.49. The lowest BCUT2D eigenvalue weighted by molar-refractivity contribution is -0.137. The monoisotopic (exact) mass is 413 g/mol. The average molecular weight is 414 g/mol. The van der Waals surface area contributed by atoms with Crippen LogP contribution in [0.3, 0.4) is 0 Å². The molecule has 0 aromatic heterocycles. The van der Waals surface area contributed by atoms with Crippen molar-refractivity contribution in [2.45, 2.75) is 38.9 Å². The van der Waals surface area contributed by atoms with Gasteiger partial charge in [-0.3, -0.25) is 4.79 Å². The minimum absolute atomic E-state index is 0.150. The van der Waals surface area contributed by atoms with Crippen molar-refractivity contribution in [2.75, 3.05) is 39.1 Å². The Kier molecular flexibility index (Phi) is 7.37. The summed E-state index contributed by atoms with van der Waals surface area (Å²) < 4.78 is 16.0. The molecule has 0 bridgehead atoms. The highest BCUT2D eigenvalue weighted by molar-refractivity contribution is 6.31. The van der Waals surface area contributed by atoms with Crippen molar-refractivity contribution in [3.05, 3.63) is 22.7 Å². The third-order valence-corrected chi connectivity index (χ3v) is 4.45. The number of halogens is 1. The van der Waals surface area contributed by atoms with Gasteiger partial charge in [-0.05, 0) is 44.9 Å². The van der Waals surface area contributed by atoms with Gasteiger partial charge in [-0.1, -0.05) is 11.6 Å². The van der Waals surface area contributed by atoms with E-state index in [2.05, 4.69) is 5.32 Å². The fraction of sp³-hybridized carbons (Fsp3) is 0.579.